The summed E-state index contributed by atoms with van der Waals surface area (Å²) in [6, 6.07) is 5.74. The Morgan fingerprint density at radius 1 is 1.45 bits per heavy atom. The van der Waals surface area contributed by atoms with E-state index >= 15 is 0 Å². The topological polar surface area (TPSA) is 44.4 Å². The molecule has 3 rings (SSSR count). The number of nitrogens with one attached hydrogen (secondary N) is 2. The van der Waals surface area contributed by atoms with Crippen molar-refractivity contribution in [2.24, 2.45) is 5.92 Å². The Bertz CT molecular complexity index is 549. The molecule has 2 unspecified atom stereocenters. The maximum atomic E-state index is 13.5. The molecule has 1 aromatic rings. The van der Waals surface area contributed by atoms with Crippen LogP contribution in [0.15, 0.2) is 18.2 Å². The fraction of sp³-hybridized carbons (Fsp3) is 0.588. The van der Waals surface area contributed by atoms with E-state index in [0.717, 1.165) is 31.6 Å². The number of nitrogens with zero attached hydrogens (tertiary/aromatic N) is 1. The molecule has 1 amide bonds. The second kappa shape index (κ2) is 6.75. The lowest BCUT2D eigenvalue weighted by molar-refractivity contribution is -0.122. The minimum Gasteiger partial charge on any atom is -0.351 e. The van der Waals surface area contributed by atoms with Crippen LogP contribution < -0.4 is 10.6 Å². The number of carbonyl (C=O) groups is 1. The lowest BCUT2D eigenvalue weighted by Crippen LogP contribution is -2.47. The van der Waals surface area contributed by atoms with Crippen LogP contribution in [0.3, 0.4) is 0 Å². The van der Waals surface area contributed by atoms with Crippen molar-refractivity contribution in [1.82, 2.24) is 15.5 Å². The van der Waals surface area contributed by atoms with Gasteiger partial charge in [-0.3, -0.25) is 9.69 Å². The first-order chi connectivity index (χ1) is 10.6. The maximum Gasteiger partial charge on any atom is 0.234 e. The van der Waals surface area contributed by atoms with Gasteiger partial charge < -0.3 is 10.6 Å². The number of hydrogen-bond donors (Lipinski definition) is 2. The number of likely N-dealkylation sites (tertiary alicyclic amines) is 1. The van der Waals surface area contributed by atoms with Crippen LogP contribution in [-0.4, -0.2) is 43.0 Å². The number of amides is 1. The van der Waals surface area contributed by atoms with Crippen molar-refractivity contribution in [2.75, 3.05) is 26.2 Å². The van der Waals surface area contributed by atoms with E-state index in [0.29, 0.717) is 30.6 Å². The number of hydrogen-bond acceptors (Lipinski definition) is 3. The van der Waals surface area contributed by atoms with Crippen molar-refractivity contribution >= 4 is 5.91 Å². The van der Waals surface area contributed by atoms with Gasteiger partial charge in [-0.1, -0.05) is 12.1 Å². The lowest BCUT2D eigenvalue weighted by atomic mass is 9.93. The first kappa shape index (κ1) is 15.4. The van der Waals surface area contributed by atoms with Gasteiger partial charge in [0.05, 0.1) is 6.54 Å². The first-order valence-corrected chi connectivity index (χ1v) is 8.09. The zero-order chi connectivity index (χ0) is 15.5. The Morgan fingerprint density at radius 2 is 2.32 bits per heavy atom. The minimum absolute atomic E-state index is 0.0189. The molecule has 4 nitrogen and oxygen atoms in total. The predicted octanol–water partition coefficient (Wildman–Crippen LogP) is 1.43. The van der Waals surface area contributed by atoms with Gasteiger partial charge in [0, 0.05) is 25.7 Å². The summed E-state index contributed by atoms with van der Waals surface area (Å²) in [4.78, 5) is 14.3. The van der Waals surface area contributed by atoms with Crippen LogP contribution in [0.4, 0.5) is 4.39 Å². The molecule has 0 radical (unpaired) electrons. The molecule has 1 aromatic carbocycles. The zero-order valence-electron chi connectivity index (χ0n) is 13.1. The number of carbonyl (C=O) groups excluding carboxylic acids is 1. The second-order valence-corrected chi connectivity index (χ2v) is 6.49. The third-order valence-electron chi connectivity index (χ3n) is 4.83. The van der Waals surface area contributed by atoms with E-state index in [1.807, 2.05) is 6.07 Å². The smallest absolute Gasteiger partial charge is 0.234 e. The molecule has 0 bridgehead atoms. The molecule has 2 heterocycles. The molecular formula is C17H24FN3O. The molecule has 2 aliphatic heterocycles. The van der Waals surface area contributed by atoms with Crippen LogP contribution >= 0.6 is 0 Å². The van der Waals surface area contributed by atoms with E-state index in [1.165, 1.54) is 12.5 Å². The molecule has 0 aliphatic carbocycles. The van der Waals surface area contributed by atoms with Crippen molar-refractivity contribution < 1.29 is 9.18 Å². The van der Waals surface area contributed by atoms with E-state index in [4.69, 9.17) is 0 Å². The molecule has 0 saturated carbocycles. The van der Waals surface area contributed by atoms with Gasteiger partial charge in [-0.05, 0) is 49.4 Å². The number of aryl methyl sites for hydroxylation is 1. The average molecular weight is 305 g/mol. The van der Waals surface area contributed by atoms with Gasteiger partial charge in [0.1, 0.15) is 5.82 Å². The van der Waals surface area contributed by atoms with Crippen LogP contribution in [0.1, 0.15) is 24.0 Å². The molecule has 5 heteroatoms. The Morgan fingerprint density at radius 3 is 3.14 bits per heavy atom. The van der Waals surface area contributed by atoms with E-state index in [1.54, 1.807) is 13.0 Å². The Kier molecular flexibility index (Phi) is 4.74. The van der Waals surface area contributed by atoms with E-state index in [-0.39, 0.29) is 11.7 Å². The molecule has 2 saturated heterocycles. The molecule has 0 aromatic heterocycles. The van der Waals surface area contributed by atoms with Gasteiger partial charge in [-0.15, -0.1) is 0 Å². The normalized spacial score (nSPS) is 25.0. The molecule has 2 fully saturated rings. The summed E-state index contributed by atoms with van der Waals surface area (Å²) in [5.74, 6) is 0.487. The van der Waals surface area contributed by atoms with Crippen molar-refractivity contribution in [3.63, 3.8) is 0 Å². The standard InChI is InChI=1S/C17H24FN3O/c1-12-2-3-13(8-15(12)18)9-20-17(22)11-21-7-5-16-14(10-21)4-6-19-16/h2-3,8,14,16,19H,4-7,9-11H2,1H3,(H,20,22). The SMILES string of the molecule is Cc1ccc(CNC(=O)CN2CCC3NCCC3C2)cc1F. The van der Waals surface area contributed by atoms with Gasteiger partial charge in [-0.25, -0.2) is 4.39 Å². The highest BCUT2D eigenvalue weighted by Crippen LogP contribution is 2.24. The summed E-state index contributed by atoms with van der Waals surface area (Å²) in [6.45, 7) is 5.65. The largest absolute Gasteiger partial charge is 0.351 e. The van der Waals surface area contributed by atoms with Crippen molar-refractivity contribution in [2.45, 2.75) is 32.4 Å². The summed E-state index contributed by atoms with van der Waals surface area (Å²) in [6.07, 6.45) is 2.34. The van der Waals surface area contributed by atoms with Crippen molar-refractivity contribution in [3.8, 4) is 0 Å². The van der Waals surface area contributed by atoms with Crippen LogP contribution in [-0.2, 0) is 11.3 Å². The maximum absolute atomic E-state index is 13.5. The fourth-order valence-electron chi connectivity index (χ4n) is 3.47. The summed E-state index contributed by atoms with van der Waals surface area (Å²) in [5.41, 5.74) is 1.43. The van der Waals surface area contributed by atoms with Gasteiger partial charge in [0.2, 0.25) is 5.91 Å². The van der Waals surface area contributed by atoms with Gasteiger partial charge in [0.25, 0.3) is 0 Å². The summed E-state index contributed by atoms with van der Waals surface area (Å²) in [7, 11) is 0. The average Bonchev–Trinajstić information content (AvgIpc) is 2.96. The number of piperidine rings is 1. The quantitative estimate of drug-likeness (QED) is 0.884. The van der Waals surface area contributed by atoms with Crippen LogP contribution in [0.25, 0.3) is 0 Å². The molecule has 120 valence electrons. The van der Waals surface area contributed by atoms with Gasteiger partial charge in [0.15, 0.2) is 0 Å². The van der Waals surface area contributed by atoms with E-state index in [2.05, 4.69) is 15.5 Å². The summed E-state index contributed by atoms with van der Waals surface area (Å²) in [5, 5.41) is 6.42. The highest BCUT2D eigenvalue weighted by molar-refractivity contribution is 5.78. The molecule has 2 atom stereocenters. The molecule has 2 aliphatic rings. The fourth-order valence-corrected chi connectivity index (χ4v) is 3.47. The number of halogens is 1. The molecule has 22 heavy (non-hydrogen) atoms. The predicted molar refractivity (Wildman–Crippen MR) is 83.9 cm³/mol. The second-order valence-electron chi connectivity index (χ2n) is 6.49. The van der Waals surface area contributed by atoms with Crippen LogP contribution in [0.5, 0.6) is 0 Å². The minimum atomic E-state index is -0.220. The highest BCUT2D eigenvalue weighted by Gasteiger charge is 2.32. The monoisotopic (exact) mass is 305 g/mol. The van der Waals surface area contributed by atoms with Crippen LogP contribution in [0, 0.1) is 18.7 Å². The van der Waals surface area contributed by atoms with Gasteiger partial charge in [-0.2, -0.15) is 0 Å². The third-order valence-corrected chi connectivity index (χ3v) is 4.83. The van der Waals surface area contributed by atoms with E-state index in [9.17, 15) is 9.18 Å². The molecule has 2 N–H and O–H groups in total. The first-order valence-electron chi connectivity index (χ1n) is 8.09. The Hall–Kier alpha value is -1.46. The molecule has 0 spiro atoms. The number of fused-ring (bicyclic) bond motifs is 1. The van der Waals surface area contributed by atoms with Gasteiger partial charge >= 0.3 is 0 Å². The number of benzene rings is 1. The van der Waals surface area contributed by atoms with Crippen molar-refractivity contribution in [1.29, 1.82) is 0 Å². The summed E-state index contributed by atoms with van der Waals surface area (Å²) >= 11 is 0. The zero-order valence-corrected chi connectivity index (χ0v) is 13.1. The lowest BCUT2D eigenvalue weighted by Gasteiger charge is -2.34. The Balaban J connectivity index is 1.45. The van der Waals surface area contributed by atoms with Crippen LogP contribution in [0.2, 0.25) is 0 Å². The highest BCUT2D eigenvalue weighted by atomic mass is 19.1. The summed E-state index contributed by atoms with van der Waals surface area (Å²) < 4.78 is 13.5. The molecular weight excluding hydrogens is 281 g/mol. The Labute approximate surface area is 131 Å². The third kappa shape index (κ3) is 3.65. The van der Waals surface area contributed by atoms with Crippen molar-refractivity contribution in [3.05, 3.63) is 35.1 Å². The number of rotatable bonds is 4. The van der Waals surface area contributed by atoms with E-state index < -0.39 is 0 Å².